The molecule has 0 spiro atoms. The summed E-state index contributed by atoms with van der Waals surface area (Å²) in [5.74, 6) is -1.22. The van der Waals surface area contributed by atoms with Crippen molar-refractivity contribution in [2.45, 2.75) is 6.42 Å². The summed E-state index contributed by atoms with van der Waals surface area (Å²) in [6.45, 7) is 0.394. The number of hydrogen-bond acceptors (Lipinski definition) is 4. The van der Waals surface area contributed by atoms with Crippen LogP contribution >= 0.6 is 0 Å². The zero-order valence-electron chi connectivity index (χ0n) is 11.4. The zero-order chi connectivity index (χ0) is 14.7. The molecule has 0 saturated carbocycles. The Labute approximate surface area is 116 Å². The predicted octanol–water partition coefficient (Wildman–Crippen LogP) is 0.890. The van der Waals surface area contributed by atoms with Crippen LogP contribution in [0.25, 0.3) is 0 Å². The molecule has 0 radical (unpaired) electrons. The van der Waals surface area contributed by atoms with Crippen LogP contribution < -0.4 is 5.32 Å². The quantitative estimate of drug-likeness (QED) is 0.832. The smallest absolute Gasteiger partial charge is 0.339 e. The molecule has 0 aromatic heterocycles. The summed E-state index contributed by atoms with van der Waals surface area (Å²) in [5, 5.41) is 2.69. The van der Waals surface area contributed by atoms with E-state index in [9.17, 15) is 14.4 Å². The van der Waals surface area contributed by atoms with Crippen molar-refractivity contribution in [1.29, 1.82) is 0 Å². The first-order valence-corrected chi connectivity index (χ1v) is 6.25. The number of anilines is 1. The van der Waals surface area contributed by atoms with Gasteiger partial charge in [0.25, 0.3) is 0 Å². The molecule has 6 nitrogen and oxygen atoms in total. The average Bonchev–Trinajstić information content (AvgIpc) is 2.78. The Hall–Kier alpha value is -2.37. The third-order valence-electron chi connectivity index (χ3n) is 3.30. The standard InChI is InChI=1S/C14H16N2O4/c1-16-8-9(7-12(16)17)13(18)15-11-6-4-3-5-10(11)14(19)20-2/h3-6,9H,7-8H2,1-2H3,(H,15,18). The van der Waals surface area contributed by atoms with Crippen LogP contribution in [0, 0.1) is 5.92 Å². The van der Waals surface area contributed by atoms with Crippen LogP contribution in [0.15, 0.2) is 24.3 Å². The number of nitrogens with one attached hydrogen (secondary N) is 1. The number of hydrogen-bond donors (Lipinski definition) is 1. The third kappa shape index (κ3) is 2.79. The van der Waals surface area contributed by atoms with Crippen LogP contribution in [0.3, 0.4) is 0 Å². The van der Waals surface area contributed by atoms with E-state index in [1.165, 1.54) is 12.0 Å². The third-order valence-corrected chi connectivity index (χ3v) is 3.30. The van der Waals surface area contributed by atoms with Crippen LogP contribution in [0.5, 0.6) is 0 Å². The molecule has 20 heavy (non-hydrogen) atoms. The summed E-state index contributed by atoms with van der Waals surface area (Å²) in [7, 11) is 2.95. The van der Waals surface area contributed by atoms with E-state index >= 15 is 0 Å². The highest BCUT2D eigenvalue weighted by molar-refractivity contribution is 6.03. The van der Waals surface area contributed by atoms with E-state index in [1.807, 2.05) is 0 Å². The first-order chi connectivity index (χ1) is 9.52. The Bertz CT molecular complexity index is 556. The fourth-order valence-electron chi connectivity index (χ4n) is 2.15. The zero-order valence-corrected chi connectivity index (χ0v) is 11.4. The number of carbonyl (C=O) groups excluding carboxylic acids is 3. The molecule has 1 unspecified atom stereocenters. The number of para-hydroxylation sites is 1. The van der Waals surface area contributed by atoms with Gasteiger partial charge in [0.15, 0.2) is 0 Å². The molecule has 0 aliphatic carbocycles. The summed E-state index contributed by atoms with van der Waals surface area (Å²) in [6.07, 6.45) is 0.197. The van der Waals surface area contributed by atoms with E-state index in [4.69, 9.17) is 0 Å². The molecular weight excluding hydrogens is 260 g/mol. The molecule has 2 rings (SSSR count). The van der Waals surface area contributed by atoms with Gasteiger partial charge in [0, 0.05) is 20.0 Å². The fourth-order valence-corrected chi connectivity index (χ4v) is 2.15. The minimum Gasteiger partial charge on any atom is -0.465 e. The highest BCUT2D eigenvalue weighted by Crippen LogP contribution is 2.21. The molecule has 1 atom stereocenters. The van der Waals surface area contributed by atoms with E-state index < -0.39 is 11.9 Å². The van der Waals surface area contributed by atoms with Gasteiger partial charge < -0.3 is 15.0 Å². The largest absolute Gasteiger partial charge is 0.465 e. The summed E-state index contributed by atoms with van der Waals surface area (Å²) in [5.41, 5.74) is 0.687. The van der Waals surface area contributed by atoms with Gasteiger partial charge in [-0.05, 0) is 12.1 Å². The van der Waals surface area contributed by atoms with E-state index in [0.717, 1.165) is 0 Å². The summed E-state index contributed by atoms with van der Waals surface area (Å²) < 4.78 is 4.67. The first kappa shape index (κ1) is 14.0. The molecule has 0 bridgehead atoms. The number of methoxy groups -OCH3 is 1. The number of esters is 1. The second kappa shape index (κ2) is 5.73. The summed E-state index contributed by atoms with van der Waals surface area (Å²) in [6, 6.07) is 6.61. The molecule has 1 heterocycles. The van der Waals surface area contributed by atoms with Gasteiger partial charge in [-0.2, -0.15) is 0 Å². The lowest BCUT2D eigenvalue weighted by Gasteiger charge is -2.13. The summed E-state index contributed by atoms with van der Waals surface area (Å²) in [4.78, 5) is 36.7. The molecular formula is C14H16N2O4. The molecule has 1 aromatic carbocycles. The van der Waals surface area contributed by atoms with Gasteiger partial charge in [-0.3, -0.25) is 9.59 Å². The van der Waals surface area contributed by atoms with Crippen LogP contribution in [0.1, 0.15) is 16.8 Å². The molecule has 1 aromatic rings. The van der Waals surface area contributed by atoms with Crippen LogP contribution in [0.2, 0.25) is 0 Å². The Morgan fingerprint density at radius 1 is 1.35 bits per heavy atom. The van der Waals surface area contributed by atoms with Gasteiger partial charge >= 0.3 is 5.97 Å². The van der Waals surface area contributed by atoms with Gasteiger partial charge in [0.1, 0.15) is 0 Å². The molecule has 1 fully saturated rings. The lowest BCUT2D eigenvalue weighted by Crippen LogP contribution is -2.26. The van der Waals surface area contributed by atoms with Crippen LogP contribution in [-0.4, -0.2) is 43.4 Å². The number of ether oxygens (including phenoxy) is 1. The molecule has 1 N–H and O–H groups in total. The van der Waals surface area contributed by atoms with Gasteiger partial charge in [-0.15, -0.1) is 0 Å². The molecule has 1 saturated heterocycles. The van der Waals surface area contributed by atoms with E-state index in [1.54, 1.807) is 31.3 Å². The monoisotopic (exact) mass is 276 g/mol. The number of likely N-dealkylation sites (tertiary alicyclic amines) is 1. The molecule has 1 aliphatic heterocycles. The first-order valence-electron chi connectivity index (χ1n) is 6.25. The Morgan fingerprint density at radius 3 is 2.65 bits per heavy atom. The lowest BCUT2D eigenvalue weighted by atomic mass is 10.1. The van der Waals surface area contributed by atoms with Crippen molar-refractivity contribution in [3.8, 4) is 0 Å². The minimum absolute atomic E-state index is 0.0496. The highest BCUT2D eigenvalue weighted by Gasteiger charge is 2.32. The molecule has 1 aliphatic rings. The van der Waals surface area contributed by atoms with Gasteiger partial charge in [0.2, 0.25) is 11.8 Å². The highest BCUT2D eigenvalue weighted by atomic mass is 16.5. The van der Waals surface area contributed by atoms with Crippen molar-refractivity contribution in [3.05, 3.63) is 29.8 Å². The van der Waals surface area contributed by atoms with E-state index in [2.05, 4.69) is 10.1 Å². The maximum Gasteiger partial charge on any atom is 0.339 e. The van der Waals surface area contributed by atoms with Crippen LogP contribution in [0.4, 0.5) is 5.69 Å². The number of benzene rings is 1. The Balaban J connectivity index is 2.12. The average molecular weight is 276 g/mol. The second-order valence-corrected chi connectivity index (χ2v) is 4.70. The molecule has 2 amide bonds. The van der Waals surface area contributed by atoms with Crippen molar-refractivity contribution in [2.24, 2.45) is 5.92 Å². The normalized spacial score (nSPS) is 18.0. The van der Waals surface area contributed by atoms with E-state index in [0.29, 0.717) is 17.8 Å². The number of amides is 2. The van der Waals surface area contributed by atoms with Crippen LogP contribution in [-0.2, 0) is 14.3 Å². The van der Waals surface area contributed by atoms with Crippen molar-refractivity contribution in [3.63, 3.8) is 0 Å². The van der Waals surface area contributed by atoms with Gasteiger partial charge in [-0.1, -0.05) is 12.1 Å². The van der Waals surface area contributed by atoms with Crippen molar-refractivity contribution >= 4 is 23.5 Å². The maximum absolute atomic E-state index is 12.1. The summed E-state index contributed by atoms with van der Waals surface area (Å²) >= 11 is 0. The Kier molecular flexibility index (Phi) is 4.02. The topological polar surface area (TPSA) is 75.7 Å². The van der Waals surface area contributed by atoms with Gasteiger partial charge in [0.05, 0.1) is 24.3 Å². The number of carbonyl (C=O) groups is 3. The molecule has 106 valence electrons. The minimum atomic E-state index is -0.513. The predicted molar refractivity (Wildman–Crippen MR) is 72.2 cm³/mol. The second-order valence-electron chi connectivity index (χ2n) is 4.70. The Morgan fingerprint density at radius 2 is 2.05 bits per heavy atom. The van der Waals surface area contributed by atoms with Crippen molar-refractivity contribution in [1.82, 2.24) is 4.90 Å². The van der Waals surface area contributed by atoms with Crippen molar-refractivity contribution in [2.75, 3.05) is 26.0 Å². The van der Waals surface area contributed by atoms with E-state index in [-0.39, 0.29) is 18.2 Å². The number of rotatable bonds is 3. The fraction of sp³-hybridized carbons (Fsp3) is 0.357. The number of nitrogens with zero attached hydrogens (tertiary/aromatic N) is 1. The van der Waals surface area contributed by atoms with Gasteiger partial charge in [-0.25, -0.2) is 4.79 Å². The molecule has 6 heteroatoms. The SMILES string of the molecule is COC(=O)c1ccccc1NC(=O)C1CC(=O)N(C)C1. The van der Waals surface area contributed by atoms with Crippen molar-refractivity contribution < 1.29 is 19.1 Å². The maximum atomic E-state index is 12.1. The lowest BCUT2D eigenvalue weighted by molar-refractivity contribution is -0.127.